The lowest BCUT2D eigenvalue weighted by molar-refractivity contribution is 0.102. The maximum atomic E-state index is 12.1. The van der Waals surface area contributed by atoms with Crippen LogP contribution in [0.25, 0.3) is 0 Å². The van der Waals surface area contributed by atoms with Crippen LogP contribution >= 0.6 is 0 Å². The number of carbonyl (C=O) groups excluding carboxylic acids is 1. The van der Waals surface area contributed by atoms with E-state index in [1.165, 1.54) is 5.56 Å². The molecule has 1 amide bonds. The largest absolute Gasteiger partial charge is 0.387 e. The third-order valence-corrected chi connectivity index (χ3v) is 3.10. The minimum Gasteiger partial charge on any atom is -0.387 e. The Hall–Kier alpha value is -2.36. The van der Waals surface area contributed by atoms with Gasteiger partial charge in [-0.3, -0.25) is 4.79 Å². The number of rotatable bonds is 4. The summed E-state index contributed by atoms with van der Waals surface area (Å²) < 4.78 is 0. The van der Waals surface area contributed by atoms with Crippen molar-refractivity contribution in [2.45, 2.75) is 19.8 Å². The molecule has 0 aliphatic carbocycles. The lowest BCUT2D eigenvalue weighted by atomic mass is 10.0. The Kier molecular flexibility index (Phi) is 4.35. The Balaban J connectivity index is 2.12. The molecule has 0 unspecified atom stereocenters. The van der Waals surface area contributed by atoms with E-state index in [-0.39, 0.29) is 5.91 Å². The number of nitrogens with one attached hydrogen (secondary N) is 2. The van der Waals surface area contributed by atoms with Crippen LogP contribution < -0.4 is 10.6 Å². The van der Waals surface area contributed by atoms with Crippen LogP contribution in [0.1, 0.15) is 35.8 Å². The summed E-state index contributed by atoms with van der Waals surface area (Å²) in [4.78, 5) is 16.2. The topological polar surface area (TPSA) is 54.0 Å². The Morgan fingerprint density at radius 2 is 1.95 bits per heavy atom. The molecule has 2 aromatic rings. The van der Waals surface area contributed by atoms with E-state index in [1.54, 1.807) is 12.3 Å². The molecule has 1 aromatic carbocycles. The van der Waals surface area contributed by atoms with Crippen molar-refractivity contribution >= 4 is 17.3 Å². The number of hydrogen-bond donors (Lipinski definition) is 2. The number of carbonyl (C=O) groups is 1. The maximum Gasteiger partial charge on any atom is 0.274 e. The average Bonchev–Trinajstić information content (AvgIpc) is 2.47. The van der Waals surface area contributed by atoms with Gasteiger partial charge in [-0.1, -0.05) is 26.0 Å². The summed E-state index contributed by atoms with van der Waals surface area (Å²) in [7, 11) is 1.81. The fourth-order valence-corrected chi connectivity index (χ4v) is 1.85. The van der Waals surface area contributed by atoms with E-state index < -0.39 is 0 Å². The van der Waals surface area contributed by atoms with E-state index >= 15 is 0 Å². The van der Waals surface area contributed by atoms with Gasteiger partial charge in [-0.05, 0) is 35.7 Å². The van der Waals surface area contributed by atoms with Gasteiger partial charge < -0.3 is 10.6 Å². The zero-order valence-electron chi connectivity index (χ0n) is 12.0. The van der Waals surface area contributed by atoms with E-state index in [9.17, 15) is 4.79 Å². The number of aromatic nitrogens is 1. The zero-order chi connectivity index (χ0) is 14.5. The maximum absolute atomic E-state index is 12.1. The van der Waals surface area contributed by atoms with Crippen LogP contribution in [0.5, 0.6) is 0 Å². The molecule has 0 bridgehead atoms. The van der Waals surface area contributed by atoms with Crippen LogP contribution in [0.2, 0.25) is 0 Å². The Morgan fingerprint density at radius 1 is 1.15 bits per heavy atom. The van der Waals surface area contributed by atoms with Crippen molar-refractivity contribution in [3.8, 4) is 0 Å². The second-order valence-corrected chi connectivity index (χ2v) is 4.92. The van der Waals surface area contributed by atoms with Crippen molar-refractivity contribution in [1.82, 2.24) is 4.98 Å². The number of hydrogen-bond acceptors (Lipinski definition) is 3. The highest BCUT2D eigenvalue weighted by molar-refractivity contribution is 6.02. The number of anilines is 2. The molecule has 0 saturated carbocycles. The first-order valence-electron chi connectivity index (χ1n) is 6.65. The van der Waals surface area contributed by atoms with Crippen molar-refractivity contribution in [3.05, 3.63) is 53.9 Å². The zero-order valence-corrected chi connectivity index (χ0v) is 12.0. The molecule has 4 nitrogen and oxygen atoms in total. The molecule has 1 heterocycles. The molecule has 0 aliphatic rings. The lowest BCUT2D eigenvalue weighted by Gasteiger charge is -2.09. The van der Waals surface area contributed by atoms with Gasteiger partial charge in [0.05, 0.1) is 11.9 Å². The molecule has 0 atom stereocenters. The van der Waals surface area contributed by atoms with Gasteiger partial charge in [0.1, 0.15) is 5.69 Å². The molecular weight excluding hydrogens is 250 g/mol. The van der Waals surface area contributed by atoms with Crippen LogP contribution in [0.4, 0.5) is 11.4 Å². The number of pyridine rings is 1. The minimum absolute atomic E-state index is 0.200. The highest BCUT2D eigenvalue weighted by Crippen LogP contribution is 2.19. The van der Waals surface area contributed by atoms with Crippen LogP contribution in [-0.4, -0.2) is 17.9 Å². The Morgan fingerprint density at radius 3 is 2.55 bits per heavy atom. The summed E-state index contributed by atoms with van der Waals surface area (Å²) in [6, 6.07) is 11.4. The molecule has 0 radical (unpaired) electrons. The minimum atomic E-state index is -0.200. The Bertz CT molecular complexity index is 591. The molecule has 1 aromatic heterocycles. The van der Waals surface area contributed by atoms with E-state index in [1.807, 2.05) is 31.3 Å². The number of benzene rings is 1. The third-order valence-electron chi connectivity index (χ3n) is 3.10. The summed E-state index contributed by atoms with van der Waals surface area (Å²) >= 11 is 0. The predicted octanol–water partition coefficient (Wildman–Crippen LogP) is 3.50. The van der Waals surface area contributed by atoms with Crippen LogP contribution in [0.15, 0.2) is 42.6 Å². The van der Waals surface area contributed by atoms with Gasteiger partial charge in [-0.25, -0.2) is 4.98 Å². The van der Waals surface area contributed by atoms with E-state index in [4.69, 9.17) is 0 Å². The highest BCUT2D eigenvalue weighted by Gasteiger charge is 2.08. The van der Waals surface area contributed by atoms with Gasteiger partial charge >= 0.3 is 0 Å². The van der Waals surface area contributed by atoms with Crippen molar-refractivity contribution in [2.75, 3.05) is 17.7 Å². The number of amides is 1. The van der Waals surface area contributed by atoms with Crippen LogP contribution in [0, 0.1) is 0 Å². The average molecular weight is 269 g/mol. The van der Waals surface area contributed by atoms with Crippen molar-refractivity contribution in [2.24, 2.45) is 0 Å². The first-order valence-corrected chi connectivity index (χ1v) is 6.65. The lowest BCUT2D eigenvalue weighted by Crippen LogP contribution is -2.13. The first-order chi connectivity index (χ1) is 9.60. The van der Waals surface area contributed by atoms with Crippen molar-refractivity contribution < 1.29 is 4.79 Å². The standard InChI is InChI=1S/C16H19N3O/c1-11(2)12-5-4-6-13(9-12)19-16(20)15-8-7-14(17-3)10-18-15/h4-11,17H,1-3H3,(H,19,20). The summed E-state index contributed by atoms with van der Waals surface area (Å²) in [5.41, 5.74) is 3.27. The van der Waals surface area contributed by atoms with Gasteiger partial charge in [0.2, 0.25) is 0 Å². The molecule has 0 fully saturated rings. The molecule has 20 heavy (non-hydrogen) atoms. The normalized spacial score (nSPS) is 10.4. The first kappa shape index (κ1) is 14.1. The number of nitrogens with zero attached hydrogens (tertiary/aromatic N) is 1. The second-order valence-electron chi connectivity index (χ2n) is 4.92. The highest BCUT2D eigenvalue weighted by atomic mass is 16.1. The van der Waals surface area contributed by atoms with Gasteiger partial charge in [-0.2, -0.15) is 0 Å². The Labute approximate surface area is 119 Å². The summed E-state index contributed by atoms with van der Waals surface area (Å²) in [5.74, 6) is 0.230. The summed E-state index contributed by atoms with van der Waals surface area (Å²) in [6.07, 6.45) is 1.64. The van der Waals surface area contributed by atoms with Crippen molar-refractivity contribution in [1.29, 1.82) is 0 Å². The van der Waals surface area contributed by atoms with Crippen LogP contribution in [0.3, 0.4) is 0 Å². The fourth-order valence-electron chi connectivity index (χ4n) is 1.85. The summed E-state index contributed by atoms with van der Waals surface area (Å²) in [5, 5.41) is 5.84. The molecule has 104 valence electrons. The van der Waals surface area contributed by atoms with Gasteiger partial charge in [0.25, 0.3) is 5.91 Å². The van der Waals surface area contributed by atoms with Gasteiger partial charge in [0, 0.05) is 12.7 Å². The van der Waals surface area contributed by atoms with Crippen molar-refractivity contribution in [3.63, 3.8) is 0 Å². The molecule has 2 rings (SSSR count). The van der Waals surface area contributed by atoms with E-state index in [2.05, 4.69) is 35.5 Å². The smallest absolute Gasteiger partial charge is 0.274 e. The molecule has 2 N–H and O–H groups in total. The molecule has 0 aliphatic heterocycles. The quantitative estimate of drug-likeness (QED) is 0.893. The second kappa shape index (κ2) is 6.19. The van der Waals surface area contributed by atoms with E-state index in [0.717, 1.165) is 11.4 Å². The molecule has 0 saturated heterocycles. The SMILES string of the molecule is CNc1ccc(C(=O)Nc2cccc(C(C)C)c2)nc1. The predicted molar refractivity (Wildman–Crippen MR) is 82.3 cm³/mol. The molecule has 0 spiro atoms. The molecular formula is C16H19N3O. The van der Waals surface area contributed by atoms with E-state index in [0.29, 0.717) is 11.6 Å². The van der Waals surface area contributed by atoms with Gasteiger partial charge in [0.15, 0.2) is 0 Å². The fraction of sp³-hybridized carbons (Fsp3) is 0.250. The molecule has 4 heteroatoms. The third kappa shape index (κ3) is 3.35. The summed E-state index contributed by atoms with van der Waals surface area (Å²) in [6.45, 7) is 4.25. The monoisotopic (exact) mass is 269 g/mol. The van der Waals surface area contributed by atoms with Gasteiger partial charge in [-0.15, -0.1) is 0 Å². The van der Waals surface area contributed by atoms with Crippen LogP contribution in [-0.2, 0) is 0 Å².